The summed E-state index contributed by atoms with van der Waals surface area (Å²) in [5.41, 5.74) is 1.10. The molecule has 0 radical (unpaired) electrons. The van der Waals surface area contributed by atoms with E-state index in [4.69, 9.17) is 10.2 Å². The predicted octanol–water partition coefficient (Wildman–Crippen LogP) is -0.526. The van der Waals surface area contributed by atoms with Crippen molar-refractivity contribution < 1.29 is 20.2 Å². The predicted molar refractivity (Wildman–Crippen MR) is 90.4 cm³/mol. The van der Waals surface area contributed by atoms with Gasteiger partial charge in [0.15, 0.2) is 0 Å². The van der Waals surface area contributed by atoms with E-state index < -0.39 is 11.0 Å². The summed E-state index contributed by atoms with van der Waals surface area (Å²) in [5.74, 6) is 0. The highest BCUT2D eigenvalue weighted by molar-refractivity contribution is 5.69. The molecule has 9 heteroatoms. The van der Waals surface area contributed by atoms with Crippen LogP contribution in [0.4, 0.5) is 17.1 Å². The summed E-state index contributed by atoms with van der Waals surface area (Å²) in [5, 5.41) is 41.4. The zero-order chi connectivity index (χ0) is 17.5. The van der Waals surface area contributed by atoms with E-state index in [0.717, 1.165) is 13.1 Å². The van der Waals surface area contributed by atoms with E-state index in [1.54, 1.807) is 12.1 Å². The van der Waals surface area contributed by atoms with Crippen molar-refractivity contribution >= 4 is 17.1 Å². The summed E-state index contributed by atoms with van der Waals surface area (Å²) in [6.07, 6.45) is -0.914. The Bertz CT molecular complexity index is 549. The summed E-state index contributed by atoms with van der Waals surface area (Å²) in [6, 6.07) is 4.87. The van der Waals surface area contributed by atoms with Crippen molar-refractivity contribution in [3.8, 4) is 0 Å². The zero-order valence-electron chi connectivity index (χ0n) is 13.5. The Labute approximate surface area is 140 Å². The lowest BCUT2D eigenvalue weighted by molar-refractivity contribution is -0.384. The highest BCUT2D eigenvalue weighted by Gasteiger charge is 2.24. The maximum absolute atomic E-state index is 11.4. The molecule has 1 fully saturated rings. The normalized spacial score (nSPS) is 16.9. The van der Waals surface area contributed by atoms with Crippen molar-refractivity contribution in [1.29, 1.82) is 0 Å². The number of hydrogen-bond acceptors (Lipinski definition) is 8. The quantitative estimate of drug-likeness (QED) is 0.368. The second-order valence-electron chi connectivity index (χ2n) is 5.73. The molecule has 1 aliphatic heterocycles. The van der Waals surface area contributed by atoms with Gasteiger partial charge >= 0.3 is 0 Å². The molecule has 0 bridgehead atoms. The zero-order valence-corrected chi connectivity index (χ0v) is 13.5. The van der Waals surface area contributed by atoms with E-state index in [1.807, 2.05) is 4.90 Å². The average molecular weight is 340 g/mol. The van der Waals surface area contributed by atoms with Crippen LogP contribution >= 0.6 is 0 Å². The fourth-order valence-corrected chi connectivity index (χ4v) is 2.70. The molecule has 1 heterocycles. The van der Waals surface area contributed by atoms with E-state index in [9.17, 15) is 15.2 Å². The van der Waals surface area contributed by atoms with Gasteiger partial charge in [0.1, 0.15) is 5.69 Å². The van der Waals surface area contributed by atoms with Crippen molar-refractivity contribution in [2.45, 2.75) is 6.10 Å². The molecule has 1 aliphatic rings. The van der Waals surface area contributed by atoms with E-state index >= 15 is 0 Å². The first-order valence-corrected chi connectivity index (χ1v) is 7.94. The van der Waals surface area contributed by atoms with Gasteiger partial charge in [-0.15, -0.1) is 0 Å². The van der Waals surface area contributed by atoms with Crippen LogP contribution in [0.25, 0.3) is 0 Å². The number of nitrogens with zero attached hydrogens (tertiary/aromatic N) is 3. The van der Waals surface area contributed by atoms with Gasteiger partial charge in [0.2, 0.25) is 0 Å². The number of anilines is 2. The molecule has 1 unspecified atom stereocenters. The second-order valence-corrected chi connectivity index (χ2v) is 5.73. The van der Waals surface area contributed by atoms with Gasteiger partial charge in [0, 0.05) is 51.0 Å². The van der Waals surface area contributed by atoms with Crippen LogP contribution in [-0.4, -0.2) is 83.7 Å². The van der Waals surface area contributed by atoms with Gasteiger partial charge < -0.3 is 25.5 Å². The lowest BCUT2D eigenvalue weighted by Gasteiger charge is -2.35. The van der Waals surface area contributed by atoms with Gasteiger partial charge in [-0.25, -0.2) is 0 Å². The summed E-state index contributed by atoms with van der Waals surface area (Å²) >= 11 is 0. The van der Waals surface area contributed by atoms with Crippen LogP contribution in [0.1, 0.15) is 0 Å². The molecular weight excluding hydrogens is 316 g/mol. The van der Waals surface area contributed by atoms with Gasteiger partial charge in [-0.3, -0.25) is 15.0 Å². The molecule has 0 aliphatic carbocycles. The van der Waals surface area contributed by atoms with Gasteiger partial charge in [0.05, 0.1) is 24.2 Å². The number of aliphatic hydroxyl groups excluding tert-OH is 3. The van der Waals surface area contributed by atoms with E-state index in [-0.39, 0.29) is 25.4 Å². The fraction of sp³-hybridized carbons (Fsp3) is 0.600. The van der Waals surface area contributed by atoms with Crippen LogP contribution in [0.15, 0.2) is 18.2 Å². The third-order valence-electron chi connectivity index (χ3n) is 4.05. The lowest BCUT2D eigenvalue weighted by Crippen LogP contribution is -2.47. The number of hydrogen-bond donors (Lipinski definition) is 4. The fourth-order valence-electron chi connectivity index (χ4n) is 2.70. The first-order valence-electron chi connectivity index (χ1n) is 7.94. The maximum atomic E-state index is 11.4. The molecule has 4 N–H and O–H groups in total. The molecule has 1 atom stereocenters. The number of benzene rings is 1. The number of nitro benzene ring substituents is 1. The van der Waals surface area contributed by atoms with Crippen LogP contribution in [0, 0.1) is 10.1 Å². The van der Waals surface area contributed by atoms with Gasteiger partial charge in [-0.1, -0.05) is 0 Å². The minimum absolute atomic E-state index is 0.00842. The van der Waals surface area contributed by atoms with Crippen LogP contribution in [-0.2, 0) is 0 Å². The summed E-state index contributed by atoms with van der Waals surface area (Å²) in [7, 11) is 0. The molecule has 2 rings (SSSR count). The number of rotatable bonds is 8. The second kappa shape index (κ2) is 8.78. The smallest absolute Gasteiger partial charge is 0.294 e. The summed E-state index contributed by atoms with van der Waals surface area (Å²) in [6.45, 7) is 3.30. The van der Waals surface area contributed by atoms with Gasteiger partial charge in [-0.2, -0.15) is 0 Å². The first kappa shape index (κ1) is 18.4. The van der Waals surface area contributed by atoms with E-state index in [1.165, 1.54) is 6.07 Å². The first-order chi connectivity index (χ1) is 11.5. The van der Waals surface area contributed by atoms with Crippen LogP contribution < -0.4 is 10.2 Å². The molecule has 1 aromatic carbocycles. The minimum Gasteiger partial charge on any atom is -0.395 e. The maximum Gasteiger partial charge on any atom is 0.294 e. The SMILES string of the molecule is O=[N+]([O-])c1cc(NCC(O)CO)ccc1N1CCN(CCO)CC1. The Kier molecular flexibility index (Phi) is 6.73. The average Bonchev–Trinajstić information content (AvgIpc) is 2.60. The molecule has 1 saturated heterocycles. The van der Waals surface area contributed by atoms with Gasteiger partial charge in [-0.05, 0) is 12.1 Å². The topological polar surface area (TPSA) is 122 Å². The third-order valence-corrected chi connectivity index (χ3v) is 4.05. The molecule has 24 heavy (non-hydrogen) atoms. The molecule has 0 amide bonds. The van der Waals surface area contributed by atoms with Crippen LogP contribution in [0.5, 0.6) is 0 Å². The number of aliphatic hydroxyl groups is 3. The van der Waals surface area contributed by atoms with Crippen molar-refractivity contribution in [3.63, 3.8) is 0 Å². The molecule has 0 spiro atoms. The standard InChI is InChI=1S/C15H24N4O5/c20-8-7-17-3-5-18(6-4-17)14-2-1-12(9-15(14)19(23)24)16-10-13(22)11-21/h1-2,9,13,16,20-22H,3-8,10-11H2. The number of piperazine rings is 1. The van der Waals surface area contributed by atoms with Crippen molar-refractivity contribution in [2.24, 2.45) is 0 Å². The highest BCUT2D eigenvalue weighted by Crippen LogP contribution is 2.31. The minimum atomic E-state index is -0.914. The molecule has 1 aromatic rings. The van der Waals surface area contributed by atoms with Crippen molar-refractivity contribution in [1.82, 2.24) is 4.90 Å². The van der Waals surface area contributed by atoms with E-state index in [2.05, 4.69) is 10.2 Å². The molecule has 9 nitrogen and oxygen atoms in total. The summed E-state index contributed by atoms with van der Waals surface area (Å²) in [4.78, 5) is 15.1. The Morgan fingerprint density at radius 3 is 2.54 bits per heavy atom. The lowest BCUT2D eigenvalue weighted by atomic mass is 10.2. The number of β-amino-alcohol motifs (C(OH)–C–C–N with tert-alkyl or cyclic N) is 1. The van der Waals surface area contributed by atoms with Crippen molar-refractivity contribution in [3.05, 3.63) is 28.3 Å². The molecular formula is C15H24N4O5. The van der Waals surface area contributed by atoms with Crippen molar-refractivity contribution in [2.75, 3.05) is 62.7 Å². The number of nitrogens with one attached hydrogen (secondary N) is 1. The Morgan fingerprint density at radius 1 is 1.25 bits per heavy atom. The Morgan fingerprint density at radius 2 is 1.96 bits per heavy atom. The Balaban J connectivity index is 2.08. The molecule has 0 aromatic heterocycles. The monoisotopic (exact) mass is 340 g/mol. The van der Waals surface area contributed by atoms with Crippen LogP contribution in [0.3, 0.4) is 0 Å². The Hall–Kier alpha value is -1.94. The van der Waals surface area contributed by atoms with Gasteiger partial charge in [0.25, 0.3) is 5.69 Å². The highest BCUT2D eigenvalue weighted by atomic mass is 16.6. The molecule has 0 saturated carbocycles. The van der Waals surface area contributed by atoms with E-state index in [0.29, 0.717) is 31.0 Å². The molecule has 134 valence electrons. The third kappa shape index (κ3) is 4.78. The summed E-state index contributed by atoms with van der Waals surface area (Å²) < 4.78 is 0. The van der Waals surface area contributed by atoms with Crippen LogP contribution in [0.2, 0.25) is 0 Å². The largest absolute Gasteiger partial charge is 0.395 e. The number of nitro groups is 1.